The summed E-state index contributed by atoms with van der Waals surface area (Å²) in [5, 5.41) is 13.6. The molecule has 3 amide bonds. The van der Waals surface area contributed by atoms with E-state index in [1.165, 1.54) is 0 Å². The third kappa shape index (κ3) is 7.17. The number of hydrogen-bond acceptors (Lipinski definition) is 7. The Morgan fingerprint density at radius 3 is 2.08 bits per heavy atom. The Kier molecular flexibility index (Phi) is 10.7. The number of carboxylic acids is 1. The Balaban J connectivity index is 1.32. The van der Waals surface area contributed by atoms with Crippen molar-refractivity contribution in [2.45, 2.75) is 50.4 Å². The SMILES string of the molecule is O=C(O)CC(NC(=O)C1Cc2cccc3c2N1C(=O)C(NC(=O)OCc1c(F)c(F)c(F)c(F)c1F)CC3)C(=O)COc1c(F)c(F)cc(F)c1F. The van der Waals surface area contributed by atoms with Gasteiger partial charge in [0.25, 0.3) is 0 Å². The standard InChI is InChI=1S/C32H22F9N3O8/c33-14-7-15(34)24(38)29(23(14)37)51-10-19(45)17(8-20(46)47)42-30(48)18-6-12-3-1-2-11-4-5-16(31(49)44(18)28(11)12)43-32(50)52-9-13-21(35)25(39)27(41)26(40)22(13)36/h1-3,7,16-18H,4-6,8-10H2,(H,42,48)(H,43,50)(H,46,47). The van der Waals surface area contributed by atoms with Crippen molar-refractivity contribution in [2.75, 3.05) is 11.5 Å². The number of halogens is 9. The minimum absolute atomic E-state index is 0.0909. The summed E-state index contributed by atoms with van der Waals surface area (Å²) in [6, 6.07) is -0.383. The van der Waals surface area contributed by atoms with Gasteiger partial charge in [0.2, 0.25) is 29.3 Å². The van der Waals surface area contributed by atoms with Crippen LogP contribution in [0.4, 0.5) is 50.0 Å². The molecule has 52 heavy (non-hydrogen) atoms. The molecule has 0 aliphatic carbocycles. The summed E-state index contributed by atoms with van der Waals surface area (Å²) in [5.74, 6) is -25.9. The van der Waals surface area contributed by atoms with E-state index in [4.69, 9.17) is 0 Å². The molecule has 5 rings (SSSR count). The molecule has 0 bridgehead atoms. The maximum Gasteiger partial charge on any atom is 0.408 e. The number of nitrogens with zero attached hydrogens (tertiary/aromatic N) is 1. The number of alkyl carbamates (subject to hydrolysis) is 1. The number of amides is 3. The van der Waals surface area contributed by atoms with Crippen molar-refractivity contribution >= 4 is 35.3 Å². The van der Waals surface area contributed by atoms with Gasteiger partial charge in [-0.25, -0.2) is 35.5 Å². The predicted octanol–water partition coefficient (Wildman–Crippen LogP) is 4.05. The average Bonchev–Trinajstić information content (AvgIpc) is 3.44. The second kappa shape index (κ2) is 14.8. The molecule has 3 aromatic rings. The van der Waals surface area contributed by atoms with E-state index in [2.05, 4.69) is 20.1 Å². The fourth-order valence-electron chi connectivity index (χ4n) is 5.68. The van der Waals surface area contributed by atoms with Crippen LogP contribution in [-0.4, -0.2) is 59.5 Å². The zero-order valence-corrected chi connectivity index (χ0v) is 25.9. The van der Waals surface area contributed by atoms with Crippen molar-refractivity contribution < 1.29 is 78.1 Å². The molecule has 3 aromatic carbocycles. The molecule has 11 nitrogen and oxygen atoms in total. The largest absolute Gasteiger partial charge is 0.481 e. The number of anilines is 1. The molecule has 0 saturated heterocycles. The number of aryl methyl sites for hydroxylation is 1. The smallest absolute Gasteiger partial charge is 0.408 e. The molecule has 0 spiro atoms. The Morgan fingerprint density at radius 2 is 1.46 bits per heavy atom. The summed E-state index contributed by atoms with van der Waals surface area (Å²) in [6.07, 6.45) is -2.90. The number of carbonyl (C=O) groups is 5. The van der Waals surface area contributed by atoms with Crippen molar-refractivity contribution in [3.05, 3.63) is 93.3 Å². The van der Waals surface area contributed by atoms with Gasteiger partial charge < -0.3 is 25.2 Å². The second-order valence-electron chi connectivity index (χ2n) is 11.4. The topological polar surface area (TPSA) is 151 Å². The van der Waals surface area contributed by atoms with Gasteiger partial charge in [0.1, 0.15) is 31.3 Å². The summed E-state index contributed by atoms with van der Waals surface area (Å²) in [4.78, 5) is 65.4. The fraction of sp³-hybridized carbons (Fsp3) is 0.281. The van der Waals surface area contributed by atoms with Crippen molar-refractivity contribution in [2.24, 2.45) is 0 Å². The molecule has 0 radical (unpaired) electrons. The number of ether oxygens (including phenoxy) is 2. The lowest BCUT2D eigenvalue weighted by molar-refractivity contribution is -0.140. The van der Waals surface area contributed by atoms with E-state index < -0.39 is 131 Å². The van der Waals surface area contributed by atoms with Crippen LogP contribution < -0.4 is 20.3 Å². The number of aliphatic carboxylic acids is 1. The highest BCUT2D eigenvalue weighted by molar-refractivity contribution is 6.08. The minimum Gasteiger partial charge on any atom is -0.481 e. The lowest BCUT2D eigenvalue weighted by Gasteiger charge is -2.28. The molecule has 3 unspecified atom stereocenters. The molecule has 2 heterocycles. The zero-order valence-electron chi connectivity index (χ0n) is 25.9. The van der Waals surface area contributed by atoms with Crippen LogP contribution in [0.15, 0.2) is 24.3 Å². The van der Waals surface area contributed by atoms with Gasteiger partial charge in [0.05, 0.1) is 17.7 Å². The molecule has 2 aliphatic heterocycles. The summed E-state index contributed by atoms with van der Waals surface area (Å²) < 4.78 is 133. The van der Waals surface area contributed by atoms with Gasteiger partial charge in [-0.2, -0.15) is 8.78 Å². The number of carbonyl (C=O) groups excluding carboxylic acids is 4. The maximum atomic E-state index is 14.0. The van der Waals surface area contributed by atoms with E-state index >= 15 is 0 Å². The number of benzene rings is 3. The first-order valence-electron chi connectivity index (χ1n) is 14.9. The Bertz CT molecular complexity index is 1960. The molecule has 0 fully saturated rings. The van der Waals surface area contributed by atoms with Gasteiger partial charge in [0.15, 0.2) is 46.4 Å². The Hall–Kier alpha value is -5.82. The minimum atomic E-state index is -2.44. The molecule has 2 aliphatic rings. The van der Waals surface area contributed by atoms with Gasteiger partial charge in [-0.05, 0) is 24.0 Å². The van der Waals surface area contributed by atoms with Gasteiger partial charge >= 0.3 is 12.1 Å². The van der Waals surface area contributed by atoms with E-state index in [9.17, 15) is 68.6 Å². The van der Waals surface area contributed by atoms with Crippen LogP contribution in [0.3, 0.4) is 0 Å². The van der Waals surface area contributed by atoms with E-state index in [-0.39, 0.29) is 31.0 Å². The van der Waals surface area contributed by atoms with Crippen molar-refractivity contribution in [1.29, 1.82) is 0 Å². The monoisotopic (exact) mass is 747 g/mol. The molecular formula is C32H22F9N3O8. The summed E-state index contributed by atoms with van der Waals surface area (Å²) in [7, 11) is 0. The average molecular weight is 748 g/mol. The number of nitrogens with one attached hydrogen (secondary N) is 2. The number of ketones is 1. The van der Waals surface area contributed by atoms with Gasteiger partial charge in [-0.3, -0.25) is 24.1 Å². The molecule has 276 valence electrons. The number of hydrogen-bond donors (Lipinski definition) is 3. The summed E-state index contributed by atoms with van der Waals surface area (Å²) in [5.41, 5.74) is -0.307. The van der Waals surface area contributed by atoms with Crippen LogP contribution in [0.2, 0.25) is 0 Å². The van der Waals surface area contributed by atoms with Gasteiger partial charge in [-0.1, -0.05) is 18.2 Å². The van der Waals surface area contributed by atoms with E-state index in [1.807, 2.05) is 0 Å². The number of carboxylic acid groups (broad SMARTS) is 1. The highest BCUT2D eigenvalue weighted by Crippen LogP contribution is 2.39. The van der Waals surface area contributed by atoms with E-state index in [0.717, 1.165) is 4.90 Å². The quantitative estimate of drug-likeness (QED) is 0.151. The van der Waals surface area contributed by atoms with Crippen LogP contribution in [0, 0.1) is 52.4 Å². The maximum absolute atomic E-state index is 14.0. The summed E-state index contributed by atoms with van der Waals surface area (Å²) >= 11 is 0. The molecule has 3 N–H and O–H groups in total. The first-order chi connectivity index (χ1) is 24.5. The number of rotatable bonds is 11. The predicted molar refractivity (Wildman–Crippen MR) is 154 cm³/mol. The van der Waals surface area contributed by atoms with E-state index in [0.29, 0.717) is 11.1 Å². The number of para-hydroxylation sites is 1. The first kappa shape index (κ1) is 37.4. The van der Waals surface area contributed by atoms with Gasteiger partial charge in [0, 0.05) is 12.5 Å². The van der Waals surface area contributed by atoms with Crippen LogP contribution in [-0.2, 0) is 43.4 Å². The fourth-order valence-corrected chi connectivity index (χ4v) is 5.68. The highest BCUT2D eigenvalue weighted by Gasteiger charge is 2.45. The Morgan fingerprint density at radius 1 is 0.865 bits per heavy atom. The van der Waals surface area contributed by atoms with Crippen molar-refractivity contribution in [3.8, 4) is 5.75 Å². The molecule has 3 atom stereocenters. The molecular weight excluding hydrogens is 725 g/mol. The second-order valence-corrected chi connectivity index (χ2v) is 11.4. The summed E-state index contributed by atoms with van der Waals surface area (Å²) in [6.45, 7) is -2.81. The van der Waals surface area contributed by atoms with Crippen molar-refractivity contribution in [1.82, 2.24) is 10.6 Å². The van der Waals surface area contributed by atoms with E-state index in [1.54, 1.807) is 18.2 Å². The van der Waals surface area contributed by atoms with Crippen LogP contribution >= 0.6 is 0 Å². The van der Waals surface area contributed by atoms with Crippen LogP contribution in [0.25, 0.3) is 0 Å². The normalized spacial score (nSPS) is 16.9. The lowest BCUT2D eigenvalue weighted by Crippen LogP contribution is -2.56. The molecule has 0 aromatic heterocycles. The molecule has 20 heteroatoms. The third-order valence-electron chi connectivity index (χ3n) is 8.16. The van der Waals surface area contributed by atoms with Crippen molar-refractivity contribution in [3.63, 3.8) is 0 Å². The van der Waals surface area contributed by atoms with Gasteiger partial charge in [-0.15, -0.1) is 0 Å². The zero-order chi connectivity index (χ0) is 38.2. The first-order valence-corrected chi connectivity index (χ1v) is 14.9. The Labute approximate surface area is 285 Å². The number of Topliss-reactive ketones (excluding diaryl/α,β-unsaturated/α-hetero) is 1. The van der Waals surface area contributed by atoms with Crippen LogP contribution in [0.5, 0.6) is 5.75 Å². The lowest BCUT2D eigenvalue weighted by atomic mass is 10.0. The third-order valence-corrected chi connectivity index (χ3v) is 8.16. The van der Waals surface area contributed by atoms with Crippen LogP contribution in [0.1, 0.15) is 29.5 Å². The highest BCUT2D eigenvalue weighted by atomic mass is 19.2. The molecule has 0 saturated carbocycles.